The van der Waals surface area contributed by atoms with Crippen molar-refractivity contribution in [2.24, 2.45) is 23.2 Å². The third-order valence-electron chi connectivity index (χ3n) is 11.3. The van der Waals surface area contributed by atoms with Crippen LogP contribution < -0.4 is 19.5 Å². The summed E-state index contributed by atoms with van der Waals surface area (Å²) in [6, 6.07) is 17.7. The highest BCUT2D eigenvalue weighted by atomic mass is 32.2. The largest absolute Gasteiger partial charge is 0.513 e. The van der Waals surface area contributed by atoms with Gasteiger partial charge in [0.2, 0.25) is 16.8 Å². The van der Waals surface area contributed by atoms with E-state index in [4.69, 9.17) is 33.2 Å². The Bertz CT molecular complexity index is 2040. The number of benzene rings is 3. The molecule has 4 aliphatic rings. The van der Waals surface area contributed by atoms with Crippen LogP contribution in [0.2, 0.25) is 0 Å². The van der Waals surface area contributed by atoms with Crippen LogP contribution in [0, 0.1) is 33.3 Å². The minimum atomic E-state index is -4.26. The lowest BCUT2D eigenvalue weighted by Crippen LogP contribution is -2.53. The molecule has 0 bridgehead atoms. The van der Waals surface area contributed by atoms with E-state index in [1.165, 1.54) is 46.8 Å². The molecule has 1 aliphatic carbocycles. The molecule has 3 aromatic rings. The lowest BCUT2D eigenvalue weighted by molar-refractivity contribution is -0.384. The number of amides is 1. The van der Waals surface area contributed by atoms with Gasteiger partial charge in [-0.3, -0.25) is 10.1 Å². The first-order chi connectivity index (χ1) is 27.7. The number of aliphatic hydroxyl groups excluding tert-OH is 1. The van der Waals surface area contributed by atoms with Crippen molar-refractivity contribution in [3.63, 3.8) is 0 Å². The molecular formula is C40H47N3O14S. The minimum Gasteiger partial charge on any atom is -0.454 e. The summed E-state index contributed by atoms with van der Waals surface area (Å²) >= 11 is 0. The molecule has 3 aliphatic heterocycles. The summed E-state index contributed by atoms with van der Waals surface area (Å²) in [6.45, 7) is 4.27. The predicted molar refractivity (Wildman–Crippen MR) is 204 cm³/mol. The van der Waals surface area contributed by atoms with Crippen molar-refractivity contribution in [2.75, 3.05) is 39.7 Å². The molecule has 0 unspecified atom stereocenters. The molecule has 2 N–H and O–H groups in total. The average molecular weight is 826 g/mol. The number of non-ortho nitro benzene ring substituents is 1. The van der Waals surface area contributed by atoms with Gasteiger partial charge in [-0.2, -0.15) is 4.31 Å². The number of nitro groups is 1. The van der Waals surface area contributed by atoms with E-state index in [0.29, 0.717) is 31.6 Å². The molecule has 5 atom stereocenters. The topological polar surface area (TPSA) is 212 Å². The molecule has 0 aromatic heterocycles. The lowest BCUT2D eigenvalue weighted by atomic mass is 9.62. The Morgan fingerprint density at radius 1 is 1.03 bits per heavy atom. The smallest absolute Gasteiger partial charge is 0.454 e. The van der Waals surface area contributed by atoms with E-state index < -0.39 is 57.1 Å². The Labute approximate surface area is 335 Å². The Balaban J connectivity index is 1.03. The molecule has 312 valence electrons. The van der Waals surface area contributed by atoms with E-state index in [0.717, 1.165) is 5.56 Å². The quantitative estimate of drug-likeness (QED) is 0.0839. The van der Waals surface area contributed by atoms with Crippen molar-refractivity contribution in [1.82, 2.24) is 9.62 Å². The normalized spacial score (nSPS) is 23.3. The maximum atomic E-state index is 14.5. The van der Waals surface area contributed by atoms with Crippen LogP contribution in [0.5, 0.6) is 17.2 Å². The summed E-state index contributed by atoms with van der Waals surface area (Å²) in [5.74, 6) is 0.712. The number of alkyl carbamates (subject to hydrolysis) is 1. The maximum Gasteiger partial charge on any atom is 0.513 e. The number of nitro benzene ring substituents is 1. The van der Waals surface area contributed by atoms with Crippen molar-refractivity contribution in [2.45, 2.75) is 69.0 Å². The summed E-state index contributed by atoms with van der Waals surface area (Å²) in [5.41, 5.74) is 0.0465. The van der Waals surface area contributed by atoms with E-state index in [9.17, 15) is 33.2 Å². The van der Waals surface area contributed by atoms with Crippen molar-refractivity contribution in [1.29, 1.82) is 0 Å². The Kier molecular flexibility index (Phi) is 12.4. The van der Waals surface area contributed by atoms with Crippen molar-refractivity contribution in [3.05, 3.63) is 88.5 Å². The number of rotatable bonds is 16. The zero-order valence-corrected chi connectivity index (χ0v) is 32.9. The van der Waals surface area contributed by atoms with Gasteiger partial charge in [0.15, 0.2) is 17.8 Å². The van der Waals surface area contributed by atoms with Crippen LogP contribution in [0.25, 0.3) is 0 Å². The van der Waals surface area contributed by atoms with Crippen LogP contribution in [0.15, 0.2) is 77.7 Å². The highest BCUT2D eigenvalue weighted by Crippen LogP contribution is 2.47. The number of nitrogens with one attached hydrogen (secondary N) is 1. The Morgan fingerprint density at radius 3 is 2.52 bits per heavy atom. The molecule has 3 heterocycles. The molecule has 1 amide bonds. The van der Waals surface area contributed by atoms with Crippen LogP contribution in [0.4, 0.5) is 15.3 Å². The molecule has 3 fully saturated rings. The maximum absolute atomic E-state index is 14.5. The van der Waals surface area contributed by atoms with E-state index in [1.54, 1.807) is 0 Å². The highest BCUT2D eigenvalue weighted by molar-refractivity contribution is 7.89. The number of carbonyl (C=O) groups is 2. The second-order valence-corrected chi connectivity index (χ2v) is 17.7. The molecule has 0 spiro atoms. The first kappa shape index (κ1) is 41.2. The molecule has 18 heteroatoms. The van der Waals surface area contributed by atoms with Gasteiger partial charge in [0, 0.05) is 31.3 Å². The summed E-state index contributed by atoms with van der Waals surface area (Å²) in [5, 5.41) is 25.6. The molecular weight excluding hydrogens is 779 g/mol. The standard InChI is InChI=1S/C40H47N3O14S/c1-40(2,27-16-26(17-27)21-53-39(46)56-29-10-8-28(9-11-29)43(47)48)23-42(58(49,50)30-12-13-34-35(19-30)55-24-54-34)20-33(44)32(18-25-6-4-3-5-7-25)41-38(45)57-36-22-52-37-31(36)14-15-51-37/h3-13,19,26-27,31-33,36-37,44H,14-18,20-24H2,1-2H3,(H,41,45)/t26?,27?,31-,32-,33+,36-,37+/m0/s1. The van der Waals surface area contributed by atoms with Gasteiger partial charge in [0.1, 0.15) is 11.9 Å². The Hall–Kier alpha value is -5.01. The molecule has 3 aromatic carbocycles. The van der Waals surface area contributed by atoms with E-state index >= 15 is 0 Å². The van der Waals surface area contributed by atoms with Gasteiger partial charge < -0.3 is 43.6 Å². The first-order valence-corrected chi connectivity index (χ1v) is 20.6. The molecule has 7 rings (SSSR count). The number of ether oxygens (including phenoxy) is 7. The third kappa shape index (κ3) is 9.64. The van der Waals surface area contributed by atoms with Crippen LogP contribution in [0.1, 0.15) is 38.7 Å². The summed E-state index contributed by atoms with van der Waals surface area (Å²) in [4.78, 5) is 36.0. The number of nitrogens with zero attached hydrogens (tertiary/aromatic N) is 2. The number of hydrogen-bond acceptors (Lipinski definition) is 14. The van der Waals surface area contributed by atoms with E-state index in [2.05, 4.69) is 5.32 Å². The van der Waals surface area contributed by atoms with E-state index in [-0.39, 0.29) is 79.4 Å². The summed E-state index contributed by atoms with van der Waals surface area (Å²) in [6.07, 6.45) is -1.90. The number of carbonyl (C=O) groups excluding carboxylic acids is 2. The second-order valence-electron chi connectivity index (χ2n) is 15.7. The van der Waals surface area contributed by atoms with Crippen LogP contribution >= 0.6 is 0 Å². The first-order valence-electron chi connectivity index (χ1n) is 19.2. The van der Waals surface area contributed by atoms with E-state index in [1.807, 2.05) is 44.2 Å². The second kappa shape index (κ2) is 17.5. The molecule has 58 heavy (non-hydrogen) atoms. The molecule has 2 saturated heterocycles. The molecule has 17 nitrogen and oxygen atoms in total. The van der Waals surface area contributed by atoms with Gasteiger partial charge in [0.05, 0.1) is 47.7 Å². The van der Waals surface area contributed by atoms with Gasteiger partial charge >= 0.3 is 12.2 Å². The average Bonchev–Trinajstić information content (AvgIpc) is 3.93. The highest BCUT2D eigenvalue weighted by Gasteiger charge is 2.46. The fourth-order valence-corrected chi connectivity index (χ4v) is 9.48. The summed E-state index contributed by atoms with van der Waals surface area (Å²) in [7, 11) is -4.26. The summed E-state index contributed by atoms with van der Waals surface area (Å²) < 4.78 is 68.6. The molecule has 1 saturated carbocycles. The number of fused-ring (bicyclic) bond motifs is 2. The van der Waals surface area contributed by atoms with Gasteiger partial charge in [-0.05, 0) is 72.8 Å². The fourth-order valence-electron chi connectivity index (χ4n) is 7.83. The Morgan fingerprint density at radius 2 is 1.78 bits per heavy atom. The monoisotopic (exact) mass is 825 g/mol. The zero-order chi connectivity index (χ0) is 41.0. The molecule has 0 radical (unpaired) electrons. The third-order valence-corrected chi connectivity index (χ3v) is 13.1. The predicted octanol–water partition coefficient (Wildman–Crippen LogP) is 5.04. The van der Waals surface area contributed by atoms with Gasteiger partial charge in [-0.15, -0.1) is 0 Å². The van der Waals surface area contributed by atoms with Crippen LogP contribution in [-0.2, 0) is 35.4 Å². The van der Waals surface area contributed by atoms with Crippen molar-refractivity contribution >= 4 is 28.0 Å². The van der Waals surface area contributed by atoms with Gasteiger partial charge in [-0.25, -0.2) is 18.0 Å². The number of sulfonamides is 1. The van der Waals surface area contributed by atoms with Crippen LogP contribution in [-0.4, -0.2) is 99.2 Å². The minimum absolute atomic E-state index is 0.00620. The lowest BCUT2D eigenvalue weighted by Gasteiger charge is -2.47. The fraction of sp³-hybridized carbons (Fsp3) is 0.500. The van der Waals surface area contributed by atoms with Gasteiger partial charge in [0.25, 0.3) is 5.69 Å². The number of hydrogen-bond donors (Lipinski definition) is 2. The van der Waals surface area contributed by atoms with Gasteiger partial charge in [-0.1, -0.05) is 44.2 Å². The number of aliphatic hydroxyl groups is 1. The van der Waals surface area contributed by atoms with Crippen molar-refractivity contribution < 1.29 is 61.2 Å². The van der Waals surface area contributed by atoms with Crippen molar-refractivity contribution in [3.8, 4) is 17.2 Å². The zero-order valence-electron chi connectivity index (χ0n) is 32.1. The van der Waals surface area contributed by atoms with Crippen LogP contribution in [0.3, 0.4) is 0 Å². The SMILES string of the molecule is CC(C)(CN(C[C@@H](O)[C@H](Cc1ccccc1)NC(=O)O[C@H]1CO[C@H]2OCC[C@H]21)S(=O)(=O)c1ccc2c(c1)OCO2)C1CC(COC(=O)Oc2ccc([N+](=O)[O-])cc2)C1.